The normalized spacial score (nSPS) is 22.8. The fourth-order valence-corrected chi connectivity index (χ4v) is 4.52. The van der Waals surface area contributed by atoms with E-state index in [2.05, 4.69) is 4.98 Å². The van der Waals surface area contributed by atoms with Gasteiger partial charge in [0.15, 0.2) is 0 Å². The van der Waals surface area contributed by atoms with Gasteiger partial charge >= 0.3 is 0 Å². The Morgan fingerprint density at radius 2 is 1.95 bits per heavy atom. The highest BCUT2D eigenvalue weighted by Gasteiger charge is 2.40. The molecule has 1 aliphatic heterocycles. The summed E-state index contributed by atoms with van der Waals surface area (Å²) in [5.41, 5.74) is 0.918. The largest absolute Gasteiger partial charge is 0.391 e. The van der Waals surface area contributed by atoms with E-state index in [9.17, 15) is 13.5 Å². The molecule has 1 aromatic carbocycles. The van der Waals surface area contributed by atoms with E-state index in [1.54, 1.807) is 42.7 Å². The molecule has 5 nitrogen and oxygen atoms in total. The summed E-state index contributed by atoms with van der Waals surface area (Å²) in [6.07, 6.45) is 3.64. The first-order chi connectivity index (χ1) is 10.6. The standard InChI is InChI=1S/C16H18N2O3S/c19-16-8-10-18(15(16)11-13-5-4-9-17-12-13)22(20,21)14-6-2-1-3-7-14/h1-7,9,12,15-16,19H,8,10-11H2/t15-,16-/m0/s1. The molecule has 0 aliphatic carbocycles. The summed E-state index contributed by atoms with van der Waals surface area (Å²) in [6.45, 7) is 0.337. The predicted molar refractivity (Wildman–Crippen MR) is 82.7 cm³/mol. The van der Waals surface area contributed by atoms with Gasteiger partial charge in [0.05, 0.1) is 17.0 Å². The van der Waals surface area contributed by atoms with Crippen LogP contribution < -0.4 is 0 Å². The van der Waals surface area contributed by atoms with Crippen LogP contribution in [0.2, 0.25) is 0 Å². The van der Waals surface area contributed by atoms with Crippen molar-refractivity contribution in [2.45, 2.75) is 29.9 Å². The van der Waals surface area contributed by atoms with E-state index in [-0.39, 0.29) is 4.90 Å². The van der Waals surface area contributed by atoms with E-state index in [0.717, 1.165) is 5.56 Å². The summed E-state index contributed by atoms with van der Waals surface area (Å²) in [5, 5.41) is 10.2. The van der Waals surface area contributed by atoms with Crippen LogP contribution in [0.5, 0.6) is 0 Å². The highest BCUT2D eigenvalue weighted by Crippen LogP contribution is 2.28. The summed E-state index contributed by atoms with van der Waals surface area (Å²) in [6, 6.07) is 11.6. The average molecular weight is 318 g/mol. The number of aromatic nitrogens is 1. The van der Waals surface area contributed by atoms with Crippen LogP contribution in [0.15, 0.2) is 59.8 Å². The molecule has 6 heteroatoms. The average Bonchev–Trinajstić information content (AvgIpc) is 2.91. The molecule has 2 atom stereocenters. The first-order valence-electron chi connectivity index (χ1n) is 7.23. The lowest BCUT2D eigenvalue weighted by atomic mass is 10.0. The minimum absolute atomic E-state index is 0.264. The zero-order valence-electron chi connectivity index (χ0n) is 12.0. The Morgan fingerprint density at radius 3 is 2.64 bits per heavy atom. The van der Waals surface area contributed by atoms with Gasteiger partial charge < -0.3 is 5.11 Å². The molecule has 1 aliphatic rings. The number of sulfonamides is 1. The van der Waals surface area contributed by atoms with E-state index >= 15 is 0 Å². The third-order valence-corrected chi connectivity index (χ3v) is 5.92. The number of nitrogens with zero attached hydrogens (tertiary/aromatic N) is 2. The van der Waals surface area contributed by atoms with Crippen LogP contribution in [0, 0.1) is 0 Å². The topological polar surface area (TPSA) is 70.5 Å². The molecule has 2 aromatic rings. The van der Waals surface area contributed by atoms with Crippen molar-refractivity contribution in [1.29, 1.82) is 0 Å². The van der Waals surface area contributed by atoms with Crippen molar-refractivity contribution in [2.24, 2.45) is 0 Å². The van der Waals surface area contributed by atoms with E-state index in [1.807, 2.05) is 12.1 Å². The lowest BCUT2D eigenvalue weighted by molar-refractivity contribution is 0.142. The zero-order chi connectivity index (χ0) is 15.6. The molecule has 0 radical (unpaired) electrons. The zero-order valence-corrected chi connectivity index (χ0v) is 12.9. The molecule has 3 rings (SSSR count). The van der Waals surface area contributed by atoms with Crippen LogP contribution in [0.25, 0.3) is 0 Å². The van der Waals surface area contributed by atoms with Crippen molar-refractivity contribution in [3.63, 3.8) is 0 Å². The fourth-order valence-electron chi connectivity index (χ4n) is 2.83. The molecule has 1 fully saturated rings. The van der Waals surface area contributed by atoms with Gasteiger partial charge in [0.25, 0.3) is 0 Å². The molecular formula is C16H18N2O3S. The smallest absolute Gasteiger partial charge is 0.243 e. The maximum Gasteiger partial charge on any atom is 0.243 e. The number of aliphatic hydroxyl groups excluding tert-OH is 1. The third kappa shape index (κ3) is 2.90. The summed E-state index contributed by atoms with van der Waals surface area (Å²) in [7, 11) is -3.59. The Labute approximate surface area is 130 Å². The van der Waals surface area contributed by atoms with E-state index in [0.29, 0.717) is 19.4 Å². The fraction of sp³-hybridized carbons (Fsp3) is 0.312. The third-order valence-electron chi connectivity index (χ3n) is 3.98. The summed E-state index contributed by atoms with van der Waals surface area (Å²) in [5.74, 6) is 0. The Morgan fingerprint density at radius 1 is 1.18 bits per heavy atom. The molecule has 0 bridgehead atoms. The Balaban J connectivity index is 1.89. The van der Waals surface area contributed by atoms with Gasteiger partial charge in [-0.3, -0.25) is 4.98 Å². The van der Waals surface area contributed by atoms with Crippen molar-refractivity contribution < 1.29 is 13.5 Å². The lowest BCUT2D eigenvalue weighted by Gasteiger charge is -2.25. The molecule has 0 spiro atoms. The number of benzene rings is 1. The maximum absolute atomic E-state index is 12.8. The summed E-state index contributed by atoms with van der Waals surface area (Å²) < 4.78 is 27.0. The molecule has 1 aromatic heterocycles. The van der Waals surface area contributed by atoms with Crippen molar-refractivity contribution in [3.05, 3.63) is 60.4 Å². The lowest BCUT2D eigenvalue weighted by Crippen LogP contribution is -2.41. The Bertz CT molecular complexity index is 720. The van der Waals surface area contributed by atoms with Crippen LogP contribution in [0.4, 0.5) is 0 Å². The van der Waals surface area contributed by atoms with Gasteiger partial charge in [0.1, 0.15) is 0 Å². The monoisotopic (exact) mass is 318 g/mol. The number of hydrogen-bond donors (Lipinski definition) is 1. The molecule has 1 N–H and O–H groups in total. The second-order valence-electron chi connectivity index (χ2n) is 5.42. The summed E-state index contributed by atoms with van der Waals surface area (Å²) in [4.78, 5) is 4.31. The van der Waals surface area contributed by atoms with Crippen LogP contribution >= 0.6 is 0 Å². The first-order valence-corrected chi connectivity index (χ1v) is 8.67. The minimum Gasteiger partial charge on any atom is -0.391 e. The van der Waals surface area contributed by atoms with Gasteiger partial charge in [-0.1, -0.05) is 24.3 Å². The summed E-state index contributed by atoms with van der Waals surface area (Å²) >= 11 is 0. The molecule has 1 saturated heterocycles. The van der Waals surface area contributed by atoms with Crippen LogP contribution in [-0.4, -0.2) is 41.5 Å². The number of pyridine rings is 1. The van der Waals surface area contributed by atoms with Crippen LogP contribution in [0.1, 0.15) is 12.0 Å². The number of aliphatic hydroxyl groups is 1. The second-order valence-corrected chi connectivity index (χ2v) is 7.31. The van der Waals surface area contributed by atoms with Gasteiger partial charge in [-0.05, 0) is 36.6 Å². The SMILES string of the molecule is O=S(=O)(c1ccccc1)N1CC[C@H](O)[C@@H]1Cc1cccnc1. The number of hydrogen-bond acceptors (Lipinski definition) is 4. The number of rotatable bonds is 4. The van der Waals surface area contributed by atoms with Gasteiger partial charge in [-0.15, -0.1) is 0 Å². The van der Waals surface area contributed by atoms with Crippen molar-refractivity contribution in [3.8, 4) is 0 Å². The van der Waals surface area contributed by atoms with Gasteiger partial charge in [-0.2, -0.15) is 4.31 Å². The predicted octanol–water partition coefficient (Wildman–Crippen LogP) is 1.45. The molecular weight excluding hydrogens is 300 g/mol. The van der Waals surface area contributed by atoms with Gasteiger partial charge in [0, 0.05) is 18.9 Å². The van der Waals surface area contributed by atoms with Crippen molar-refractivity contribution in [2.75, 3.05) is 6.54 Å². The van der Waals surface area contributed by atoms with Crippen LogP contribution in [-0.2, 0) is 16.4 Å². The van der Waals surface area contributed by atoms with E-state index in [1.165, 1.54) is 4.31 Å². The molecule has 2 heterocycles. The Kier molecular flexibility index (Phi) is 4.24. The van der Waals surface area contributed by atoms with Gasteiger partial charge in [0.2, 0.25) is 10.0 Å². The Hall–Kier alpha value is -1.76. The van der Waals surface area contributed by atoms with Crippen molar-refractivity contribution >= 4 is 10.0 Å². The first kappa shape index (κ1) is 15.1. The maximum atomic E-state index is 12.8. The molecule has 0 amide bonds. The molecule has 116 valence electrons. The minimum atomic E-state index is -3.59. The van der Waals surface area contributed by atoms with Crippen LogP contribution in [0.3, 0.4) is 0 Å². The van der Waals surface area contributed by atoms with E-state index < -0.39 is 22.2 Å². The molecule has 0 unspecified atom stereocenters. The molecule has 0 saturated carbocycles. The highest BCUT2D eigenvalue weighted by atomic mass is 32.2. The second kappa shape index (κ2) is 6.16. The molecule has 22 heavy (non-hydrogen) atoms. The quantitative estimate of drug-likeness (QED) is 0.926. The van der Waals surface area contributed by atoms with Gasteiger partial charge in [-0.25, -0.2) is 8.42 Å². The van der Waals surface area contributed by atoms with Crippen molar-refractivity contribution in [1.82, 2.24) is 9.29 Å². The van der Waals surface area contributed by atoms with E-state index in [4.69, 9.17) is 0 Å². The highest BCUT2D eigenvalue weighted by molar-refractivity contribution is 7.89.